The molecule has 1 aromatic heterocycles. The van der Waals surface area contributed by atoms with Crippen LogP contribution >= 0.6 is 39.3 Å². The summed E-state index contributed by atoms with van der Waals surface area (Å²) >= 11 is 10.5. The fourth-order valence-electron chi connectivity index (χ4n) is 1.55. The van der Waals surface area contributed by atoms with Crippen LogP contribution in [0.4, 0.5) is 11.4 Å². The third-order valence-corrected chi connectivity index (χ3v) is 4.39. The lowest BCUT2D eigenvalue weighted by molar-refractivity contribution is -0.115. The van der Waals surface area contributed by atoms with Gasteiger partial charge in [-0.25, -0.2) is 4.98 Å². The summed E-state index contributed by atoms with van der Waals surface area (Å²) in [5.41, 5.74) is 6.81. The maximum absolute atomic E-state index is 12.2. The van der Waals surface area contributed by atoms with Crippen LogP contribution in [0.5, 0.6) is 0 Å². The Hall–Kier alpha value is -1.24. The van der Waals surface area contributed by atoms with Crippen LogP contribution in [0.3, 0.4) is 0 Å². The largest absolute Gasteiger partial charge is 0.397 e. The molecule has 3 N–H and O–H groups in total. The molecule has 1 amide bonds. The van der Waals surface area contributed by atoms with Crippen molar-refractivity contribution in [2.45, 2.75) is 17.2 Å². The van der Waals surface area contributed by atoms with Gasteiger partial charge in [-0.05, 0) is 53.2 Å². The van der Waals surface area contributed by atoms with Crippen LogP contribution in [-0.4, -0.2) is 16.1 Å². The van der Waals surface area contributed by atoms with Gasteiger partial charge in [0, 0.05) is 15.7 Å². The lowest BCUT2D eigenvalue weighted by Crippen LogP contribution is -2.23. The van der Waals surface area contributed by atoms with Gasteiger partial charge >= 0.3 is 0 Å². The van der Waals surface area contributed by atoms with Crippen molar-refractivity contribution in [2.24, 2.45) is 0 Å². The molecule has 0 aliphatic heterocycles. The molecular formula is C14H13BrClN3OS. The van der Waals surface area contributed by atoms with Crippen molar-refractivity contribution in [1.82, 2.24) is 4.98 Å². The highest BCUT2D eigenvalue weighted by Gasteiger charge is 2.16. The molecule has 0 aliphatic rings. The number of thioether (sulfide) groups is 1. The van der Waals surface area contributed by atoms with Crippen molar-refractivity contribution in [3.63, 3.8) is 0 Å². The van der Waals surface area contributed by atoms with Crippen LogP contribution in [0.2, 0.25) is 5.02 Å². The highest BCUT2D eigenvalue weighted by atomic mass is 79.9. The van der Waals surface area contributed by atoms with Crippen LogP contribution in [0, 0.1) is 0 Å². The van der Waals surface area contributed by atoms with E-state index < -0.39 is 0 Å². The van der Waals surface area contributed by atoms with Gasteiger partial charge in [-0.15, -0.1) is 0 Å². The zero-order chi connectivity index (χ0) is 15.4. The molecule has 1 heterocycles. The van der Waals surface area contributed by atoms with E-state index in [0.29, 0.717) is 16.4 Å². The maximum atomic E-state index is 12.2. The highest BCUT2D eigenvalue weighted by Crippen LogP contribution is 2.26. The third-order valence-electron chi connectivity index (χ3n) is 2.64. The summed E-state index contributed by atoms with van der Waals surface area (Å²) in [6.45, 7) is 1.82. The number of amides is 1. The van der Waals surface area contributed by atoms with Crippen molar-refractivity contribution >= 4 is 56.6 Å². The quantitative estimate of drug-likeness (QED) is 0.610. The van der Waals surface area contributed by atoms with Gasteiger partial charge in [-0.3, -0.25) is 4.79 Å². The predicted octanol–water partition coefficient (Wildman–Crippen LogP) is 4.20. The number of carbonyl (C=O) groups excluding carboxylic acids is 1. The Kier molecular flexibility index (Phi) is 5.50. The number of halogens is 2. The molecule has 2 rings (SSSR count). The number of nitrogen functional groups attached to an aromatic ring is 1. The number of rotatable bonds is 4. The number of benzene rings is 1. The molecule has 0 fully saturated rings. The molecule has 21 heavy (non-hydrogen) atoms. The van der Waals surface area contributed by atoms with E-state index >= 15 is 0 Å². The van der Waals surface area contributed by atoms with Crippen LogP contribution < -0.4 is 11.1 Å². The summed E-state index contributed by atoms with van der Waals surface area (Å²) in [4.78, 5) is 16.4. The Bertz CT molecular complexity index is 651. The average Bonchev–Trinajstić information content (AvgIpc) is 2.44. The molecule has 1 aromatic carbocycles. The minimum atomic E-state index is -0.297. The third kappa shape index (κ3) is 4.62. The Balaban J connectivity index is 2.00. The molecule has 2 aromatic rings. The summed E-state index contributed by atoms with van der Waals surface area (Å²) in [6.07, 6.45) is 1.70. The SMILES string of the molecule is CC(Sc1ccc(Br)cn1)C(=O)Nc1ccc(Cl)cc1N. The molecule has 1 atom stereocenters. The van der Waals surface area contributed by atoms with E-state index in [9.17, 15) is 4.79 Å². The number of nitrogens with zero attached hydrogens (tertiary/aromatic N) is 1. The number of hydrogen-bond donors (Lipinski definition) is 2. The molecule has 0 saturated carbocycles. The van der Waals surface area contributed by atoms with Crippen molar-refractivity contribution in [3.8, 4) is 0 Å². The number of anilines is 2. The standard InChI is InChI=1S/C14H13BrClN3OS/c1-8(21-13-5-2-9(15)7-18-13)14(20)19-12-4-3-10(16)6-11(12)17/h2-8H,17H2,1H3,(H,19,20). The number of aromatic nitrogens is 1. The molecule has 0 aliphatic carbocycles. The smallest absolute Gasteiger partial charge is 0.237 e. The second kappa shape index (κ2) is 7.15. The van der Waals surface area contributed by atoms with Gasteiger partial charge in [0.05, 0.1) is 21.7 Å². The maximum Gasteiger partial charge on any atom is 0.237 e. The minimum absolute atomic E-state index is 0.140. The van der Waals surface area contributed by atoms with Gasteiger partial charge in [0.2, 0.25) is 5.91 Å². The average molecular weight is 387 g/mol. The molecule has 1 unspecified atom stereocenters. The molecule has 0 bridgehead atoms. The second-order valence-electron chi connectivity index (χ2n) is 4.30. The van der Waals surface area contributed by atoms with Gasteiger partial charge < -0.3 is 11.1 Å². The van der Waals surface area contributed by atoms with Crippen molar-refractivity contribution < 1.29 is 4.79 Å². The summed E-state index contributed by atoms with van der Waals surface area (Å²) in [5.74, 6) is -0.140. The highest BCUT2D eigenvalue weighted by molar-refractivity contribution is 9.10. The van der Waals surface area contributed by atoms with Crippen molar-refractivity contribution in [3.05, 3.63) is 46.0 Å². The van der Waals surface area contributed by atoms with E-state index in [1.807, 2.05) is 19.1 Å². The summed E-state index contributed by atoms with van der Waals surface area (Å²) in [5, 5.41) is 3.81. The second-order valence-corrected chi connectivity index (χ2v) is 7.01. The van der Waals surface area contributed by atoms with E-state index in [2.05, 4.69) is 26.2 Å². The monoisotopic (exact) mass is 385 g/mol. The minimum Gasteiger partial charge on any atom is -0.397 e. The number of carbonyl (C=O) groups is 1. The van der Waals surface area contributed by atoms with E-state index in [4.69, 9.17) is 17.3 Å². The van der Waals surface area contributed by atoms with E-state index in [1.165, 1.54) is 11.8 Å². The van der Waals surface area contributed by atoms with Crippen molar-refractivity contribution in [1.29, 1.82) is 0 Å². The Labute approximate surface area is 140 Å². The summed E-state index contributed by atoms with van der Waals surface area (Å²) in [7, 11) is 0. The van der Waals surface area contributed by atoms with Crippen LogP contribution in [-0.2, 0) is 4.79 Å². The van der Waals surface area contributed by atoms with Crippen LogP contribution in [0.25, 0.3) is 0 Å². The molecule has 0 radical (unpaired) electrons. The summed E-state index contributed by atoms with van der Waals surface area (Å²) < 4.78 is 0.901. The lowest BCUT2D eigenvalue weighted by atomic mass is 10.2. The van der Waals surface area contributed by atoms with Crippen LogP contribution in [0.15, 0.2) is 46.0 Å². The van der Waals surface area contributed by atoms with Gasteiger partial charge in [-0.1, -0.05) is 23.4 Å². The fraction of sp³-hybridized carbons (Fsp3) is 0.143. The first kappa shape index (κ1) is 16.1. The molecular weight excluding hydrogens is 374 g/mol. The molecule has 0 spiro atoms. The van der Waals surface area contributed by atoms with E-state index in [-0.39, 0.29) is 11.2 Å². The molecule has 4 nitrogen and oxygen atoms in total. The normalized spacial score (nSPS) is 12.0. The van der Waals surface area contributed by atoms with E-state index in [1.54, 1.807) is 24.4 Å². The Morgan fingerprint density at radius 2 is 2.19 bits per heavy atom. The predicted molar refractivity (Wildman–Crippen MR) is 91.8 cm³/mol. The molecule has 7 heteroatoms. The Morgan fingerprint density at radius 3 is 2.81 bits per heavy atom. The molecule has 0 saturated heterocycles. The van der Waals surface area contributed by atoms with E-state index in [0.717, 1.165) is 9.50 Å². The van der Waals surface area contributed by atoms with Gasteiger partial charge in [-0.2, -0.15) is 0 Å². The van der Waals surface area contributed by atoms with Gasteiger partial charge in [0.1, 0.15) is 0 Å². The van der Waals surface area contributed by atoms with Crippen LogP contribution in [0.1, 0.15) is 6.92 Å². The number of nitrogens with two attached hydrogens (primary N) is 1. The lowest BCUT2D eigenvalue weighted by Gasteiger charge is -2.13. The topological polar surface area (TPSA) is 68.0 Å². The van der Waals surface area contributed by atoms with Crippen molar-refractivity contribution in [2.75, 3.05) is 11.1 Å². The fourth-order valence-corrected chi connectivity index (χ4v) is 2.75. The number of nitrogens with one attached hydrogen (secondary N) is 1. The first-order chi connectivity index (χ1) is 9.95. The number of pyridine rings is 1. The first-order valence-corrected chi connectivity index (χ1v) is 8.15. The first-order valence-electron chi connectivity index (χ1n) is 6.10. The zero-order valence-electron chi connectivity index (χ0n) is 11.1. The zero-order valence-corrected chi connectivity index (χ0v) is 14.3. The Morgan fingerprint density at radius 1 is 1.43 bits per heavy atom. The number of hydrogen-bond acceptors (Lipinski definition) is 4. The summed E-state index contributed by atoms with van der Waals surface area (Å²) in [6, 6.07) is 8.71. The van der Waals surface area contributed by atoms with Gasteiger partial charge in [0.15, 0.2) is 0 Å². The molecule has 110 valence electrons. The van der Waals surface area contributed by atoms with Gasteiger partial charge in [0.25, 0.3) is 0 Å².